The SMILES string of the molecule is CC(Cc1ccc2c(c1)OC(C(=O)O)(C(=O)OC([Si](C)(C)C)[Si](C)(C)C)O2)NCC(O)c1cccc(Cl)c1. The number of carbonyl (C=O) groups is 2. The first kappa shape index (κ1) is 30.2. The van der Waals surface area contributed by atoms with E-state index in [0.717, 1.165) is 11.1 Å². The number of benzene rings is 2. The van der Waals surface area contributed by atoms with E-state index in [9.17, 15) is 19.8 Å². The molecular formula is C27H38ClNO7Si2. The Morgan fingerprint density at radius 1 is 1.03 bits per heavy atom. The van der Waals surface area contributed by atoms with Gasteiger partial charge < -0.3 is 29.7 Å². The number of carboxylic acid groups (broad SMARTS) is 1. The van der Waals surface area contributed by atoms with Crippen LogP contribution in [-0.4, -0.2) is 62.0 Å². The zero-order valence-corrected chi connectivity index (χ0v) is 25.8. The van der Waals surface area contributed by atoms with E-state index in [0.29, 0.717) is 18.0 Å². The van der Waals surface area contributed by atoms with Crippen LogP contribution in [0.4, 0.5) is 0 Å². The molecule has 8 nitrogen and oxygen atoms in total. The Kier molecular flexibility index (Phi) is 9.04. The second kappa shape index (κ2) is 11.4. The van der Waals surface area contributed by atoms with Crippen LogP contribution >= 0.6 is 11.6 Å². The van der Waals surface area contributed by atoms with Crippen molar-refractivity contribution in [1.82, 2.24) is 5.32 Å². The van der Waals surface area contributed by atoms with E-state index in [-0.39, 0.29) is 22.9 Å². The lowest BCUT2D eigenvalue weighted by molar-refractivity contribution is -0.198. The second-order valence-electron chi connectivity index (χ2n) is 12.0. The van der Waals surface area contributed by atoms with Crippen molar-refractivity contribution in [3.63, 3.8) is 0 Å². The summed E-state index contributed by atoms with van der Waals surface area (Å²) in [6, 6.07) is 12.1. The van der Waals surface area contributed by atoms with Gasteiger partial charge in [0, 0.05) is 17.6 Å². The summed E-state index contributed by atoms with van der Waals surface area (Å²) in [4.78, 5) is 25.6. The average molecular weight is 580 g/mol. The monoisotopic (exact) mass is 579 g/mol. The Morgan fingerprint density at radius 2 is 1.66 bits per heavy atom. The van der Waals surface area contributed by atoms with Gasteiger partial charge in [-0.3, -0.25) is 0 Å². The molecule has 0 saturated heterocycles. The lowest BCUT2D eigenvalue weighted by Crippen LogP contribution is -2.62. The number of hydrogen-bond acceptors (Lipinski definition) is 7. The molecule has 0 amide bonds. The third-order valence-corrected chi connectivity index (χ3v) is 15.1. The number of carboxylic acids is 1. The quantitative estimate of drug-likeness (QED) is 0.197. The van der Waals surface area contributed by atoms with E-state index < -0.39 is 40.0 Å². The van der Waals surface area contributed by atoms with Crippen molar-refractivity contribution in [1.29, 1.82) is 0 Å². The summed E-state index contributed by atoms with van der Waals surface area (Å²) in [6.07, 6.45) is -0.150. The normalized spacial score (nSPS) is 18.8. The zero-order chi connectivity index (χ0) is 28.5. The van der Waals surface area contributed by atoms with Gasteiger partial charge in [0.05, 0.1) is 27.6 Å². The molecule has 2 aromatic rings. The van der Waals surface area contributed by atoms with Gasteiger partial charge in [0.15, 0.2) is 11.5 Å². The number of halogens is 1. The first-order valence-electron chi connectivity index (χ1n) is 12.7. The fraction of sp³-hybridized carbons (Fsp3) is 0.481. The molecule has 0 saturated carbocycles. The van der Waals surface area contributed by atoms with E-state index in [2.05, 4.69) is 44.6 Å². The number of esters is 1. The van der Waals surface area contributed by atoms with E-state index in [1.165, 1.54) is 0 Å². The largest absolute Gasteiger partial charge is 0.475 e. The Balaban J connectivity index is 1.69. The highest BCUT2D eigenvalue weighted by Gasteiger charge is 2.60. The van der Waals surface area contributed by atoms with Crippen molar-refractivity contribution in [2.75, 3.05) is 6.54 Å². The number of aliphatic hydroxyl groups is 1. The molecule has 3 atom stereocenters. The van der Waals surface area contributed by atoms with Crippen molar-refractivity contribution < 1.29 is 34.0 Å². The topological polar surface area (TPSA) is 114 Å². The molecule has 1 aliphatic heterocycles. The van der Waals surface area contributed by atoms with Crippen molar-refractivity contribution in [2.45, 2.75) is 75.9 Å². The summed E-state index contributed by atoms with van der Waals surface area (Å²) >= 11 is 6.01. The van der Waals surface area contributed by atoms with E-state index in [1.807, 2.05) is 13.0 Å². The van der Waals surface area contributed by atoms with Crippen LogP contribution in [0, 0.1) is 0 Å². The van der Waals surface area contributed by atoms with Gasteiger partial charge in [0.25, 0.3) is 0 Å². The summed E-state index contributed by atoms with van der Waals surface area (Å²) in [5.74, 6) is -4.84. The molecule has 0 aliphatic carbocycles. The van der Waals surface area contributed by atoms with Gasteiger partial charge in [0.1, 0.15) is 0 Å². The van der Waals surface area contributed by atoms with Crippen LogP contribution in [0.5, 0.6) is 11.5 Å². The lowest BCUT2D eigenvalue weighted by atomic mass is 10.1. The van der Waals surface area contributed by atoms with Crippen LogP contribution in [0.2, 0.25) is 44.3 Å². The van der Waals surface area contributed by atoms with Crippen molar-refractivity contribution in [2.24, 2.45) is 0 Å². The Hall–Kier alpha value is -2.38. The maximum Gasteiger partial charge on any atom is 0.453 e. The molecule has 0 aromatic heterocycles. The van der Waals surface area contributed by atoms with Crippen LogP contribution < -0.4 is 14.8 Å². The zero-order valence-electron chi connectivity index (χ0n) is 23.0. The van der Waals surface area contributed by atoms with E-state index in [4.69, 9.17) is 25.8 Å². The van der Waals surface area contributed by atoms with Gasteiger partial charge >= 0.3 is 17.7 Å². The number of aliphatic hydroxyl groups excluding tert-OH is 1. The number of ether oxygens (including phenoxy) is 3. The highest BCUT2D eigenvalue weighted by molar-refractivity contribution is 6.96. The van der Waals surface area contributed by atoms with E-state index in [1.54, 1.807) is 36.4 Å². The lowest BCUT2D eigenvalue weighted by Gasteiger charge is -2.38. The molecule has 3 N–H and O–H groups in total. The second-order valence-corrected chi connectivity index (χ2v) is 23.5. The van der Waals surface area contributed by atoms with Crippen LogP contribution in [0.15, 0.2) is 42.5 Å². The smallest absolute Gasteiger partial charge is 0.453 e. The fourth-order valence-electron chi connectivity index (χ4n) is 4.84. The molecule has 1 aliphatic rings. The molecule has 3 unspecified atom stereocenters. The van der Waals surface area contributed by atoms with Crippen molar-refractivity contribution >= 4 is 39.7 Å². The number of carbonyl (C=O) groups excluding carboxylic acids is 1. The molecule has 0 spiro atoms. The molecule has 0 radical (unpaired) electrons. The molecular weight excluding hydrogens is 542 g/mol. The van der Waals surface area contributed by atoms with Crippen LogP contribution in [0.3, 0.4) is 0 Å². The van der Waals surface area contributed by atoms with Gasteiger partial charge in [-0.1, -0.05) is 69.1 Å². The van der Waals surface area contributed by atoms with Gasteiger partial charge in [0.2, 0.25) is 0 Å². The highest BCUT2D eigenvalue weighted by Crippen LogP contribution is 2.41. The molecule has 38 heavy (non-hydrogen) atoms. The molecule has 3 rings (SSSR count). The average Bonchev–Trinajstić information content (AvgIpc) is 3.20. The summed E-state index contributed by atoms with van der Waals surface area (Å²) < 4.78 is 17.2. The molecule has 208 valence electrons. The summed E-state index contributed by atoms with van der Waals surface area (Å²) in [5.41, 5.74) is 1.57. The van der Waals surface area contributed by atoms with Crippen molar-refractivity contribution in [3.8, 4) is 11.5 Å². The first-order valence-corrected chi connectivity index (χ1v) is 20.2. The Labute approximate surface area is 231 Å². The number of aliphatic carboxylic acids is 1. The van der Waals surface area contributed by atoms with Crippen LogP contribution in [-0.2, 0) is 20.7 Å². The van der Waals surface area contributed by atoms with Gasteiger partial charge in [-0.05, 0) is 48.7 Å². The maximum atomic E-state index is 13.3. The third-order valence-electron chi connectivity index (χ3n) is 6.30. The minimum absolute atomic E-state index is 0.0207. The molecule has 2 aromatic carbocycles. The maximum absolute atomic E-state index is 13.3. The predicted octanol–water partition coefficient (Wildman–Crippen LogP) is 4.81. The molecule has 0 fully saturated rings. The van der Waals surface area contributed by atoms with Crippen LogP contribution in [0.1, 0.15) is 24.2 Å². The standard InChI is InChI=1S/C27H38ClNO7Si2/c1-17(29-16-21(30)19-9-8-10-20(28)15-19)13-18-11-12-22-23(14-18)36-27(35-22,24(31)32)25(33)34-26(37(2,3)4)38(5,6)7/h8-12,14-15,17,21,26,29-30H,13,16H2,1-7H3,(H,31,32). The van der Waals surface area contributed by atoms with Gasteiger partial charge in [-0.25, -0.2) is 9.59 Å². The van der Waals surface area contributed by atoms with Crippen molar-refractivity contribution in [3.05, 3.63) is 58.6 Å². The predicted molar refractivity (Wildman–Crippen MR) is 152 cm³/mol. The minimum atomic E-state index is -2.58. The van der Waals surface area contributed by atoms with Gasteiger partial charge in [-0.2, -0.15) is 0 Å². The Morgan fingerprint density at radius 3 is 2.24 bits per heavy atom. The number of fused-ring (bicyclic) bond motifs is 1. The summed E-state index contributed by atoms with van der Waals surface area (Å²) in [5, 5.41) is 24.0. The number of rotatable bonds is 11. The third kappa shape index (κ3) is 6.98. The summed E-state index contributed by atoms with van der Waals surface area (Å²) in [6.45, 7) is 14.9. The first-order chi connectivity index (χ1) is 17.5. The molecule has 1 heterocycles. The fourth-order valence-corrected chi connectivity index (χ4v) is 16.4. The minimum Gasteiger partial charge on any atom is -0.475 e. The van der Waals surface area contributed by atoms with Gasteiger partial charge in [-0.15, -0.1) is 0 Å². The Bertz CT molecular complexity index is 1170. The van der Waals surface area contributed by atoms with Crippen LogP contribution in [0.25, 0.3) is 0 Å². The molecule has 11 heteroatoms. The number of hydrogen-bond donors (Lipinski definition) is 3. The molecule has 0 bridgehead atoms. The highest BCUT2D eigenvalue weighted by atomic mass is 35.5. The summed E-state index contributed by atoms with van der Waals surface area (Å²) in [7, 11) is -3.94. The number of nitrogens with one attached hydrogen (secondary N) is 1. The van der Waals surface area contributed by atoms with E-state index >= 15 is 0 Å².